The van der Waals surface area contributed by atoms with Crippen molar-refractivity contribution < 1.29 is 31.1 Å². The van der Waals surface area contributed by atoms with Crippen LogP contribution in [0.3, 0.4) is 0 Å². The number of rotatable bonds is 4. The topological polar surface area (TPSA) is 75.7 Å². The predicted octanol–water partition coefficient (Wildman–Crippen LogP) is 2.92. The Morgan fingerprint density at radius 3 is 2.54 bits per heavy atom. The van der Waals surface area contributed by atoms with Crippen molar-refractivity contribution in [1.82, 2.24) is 9.03 Å². The van der Waals surface area contributed by atoms with E-state index in [0.29, 0.717) is 16.9 Å². The molecule has 1 heterocycles. The molecule has 0 aliphatic carbocycles. The van der Waals surface area contributed by atoms with Crippen LogP contribution in [0.2, 0.25) is 0 Å². The molecule has 150 valence electrons. The highest BCUT2D eigenvalue weighted by atomic mass is 32.2. The van der Waals surface area contributed by atoms with Gasteiger partial charge in [-0.05, 0) is 41.5 Å². The normalized spacial score (nSPS) is 16.6. The van der Waals surface area contributed by atoms with E-state index in [9.17, 15) is 26.4 Å². The van der Waals surface area contributed by atoms with Gasteiger partial charge in [0.05, 0.1) is 5.56 Å². The monoisotopic (exact) mass is 414 g/mol. The zero-order chi connectivity index (χ0) is 20.7. The van der Waals surface area contributed by atoms with Crippen LogP contribution in [0.4, 0.5) is 13.2 Å². The van der Waals surface area contributed by atoms with Crippen molar-refractivity contribution in [1.29, 1.82) is 0 Å². The molecule has 10 heteroatoms. The van der Waals surface area contributed by atoms with Crippen LogP contribution in [0.15, 0.2) is 42.5 Å². The number of alkyl halides is 3. The molecule has 0 fully saturated rings. The Morgan fingerprint density at radius 2 is 1.89 bits per heavy atom. The maximum atomic E-state index is 12.9. The molecule has 0 saturated carbocycles. The number of amides is 1. The molecule has 2 aromatic carbocycles. The third-order valence-corrected chi connectivity index (χ3v) is 5.69. The molecule has 1 aliphatic rings. The third-order valence-electron chi connectivity index (χ3n) is 4.29. The van der Waals surface area contributed by atoms with E-state index in [0.717, 1.165) is 16.4 Å². The van der Waals surface area contributed by atoms with E-state index >= 15 is 0 Å². The summed E-state index contributed by atoms with van der Waals surface area (Å²) in [5.74, 6) is -0.464. The van der Waals surface area contributed by atoms with E-state index in [1.807, 2.05) is 4.72 Å². The van der Waals surface area contributed by atoms with E-state index < -0.39 is 34.0 Å². The maximum Gasteiger partial charge on any atom is 0.416 e. The van der Waals surface area contributed by atoms with Gasteiger partial charge in [-0.25, -0.2) is 4.72 Å². The molecule has 3 rings (SSSR count). The standard InChI is InChI=1S/C18H17F3N2O4S/c1-23(2)28(25,26)22-17(24)12-5-3-4-11(8-12)16-10-13-9-14(18(19,20)21)6-7-15(13)27-16/h3-9,16H,10H2,1-2H3,(H,22,24)/t16-/m0/s1. The highest BCUT2D eigenvalue weighted by Crippen LogP contribution is 2.40. The van der Waals surface area contributed by atoms with Crippen LogP contribution in [0.25, 0.3) is 0 Å². The molecule has 0 bridgehead atoms. The minimum atomic E-state index is -4.44. The van der Waals surface area contributed by atoms with Crippen molar-refractivity contribution in [3.8, 4) is 5.75 Å². The van der Waals surface area contributed by atoms with Gasteiger partial charge < -0.3 is 4.74 Å². The quantitative estimate of drug-likeness (QED) is 0.835. The molecule has 0 spiro atoms. The van der Waals surface area contributed by atoms with Gasteiger partial charge in [-0.1, -0.05) is 12.1 Å². The van der Waals surface area contributed by atoms with Crippen molar-refractivity contribution in [3.63, 3.8) is 0 Å². The number of nitrogens with zero attached hydrogens (tertiary/aromatic N) is 1. The Labute approximate surface area is 160 Å². The molecule has 0 unspecified atom stereocenters. The maximum absolute atomic E-state index is 12.9. The number of hydrogen-bond acceptors (Lipinski definition) is 4. The minimum absolute atomic E-state index is 0.0958. The van der Waals surface area contributed by atoms with Gasteiger partial charge in [0, 0.05) is 26.1 Å². The van der Waals surface area contributed by atoms with E-state index in [1.54, 1.807) is 12.1 Å². The second-order valence-corrected chi connectivity index (χ2v) is 8.36. The third kappa shape index (κ3) is 4.12. The van der Waals surface area contributed by atoms with Gasteiger partial charge in [-0.3, -0.25) is 4.79 Å². The lowest BCUT2D eigenvalue weighted by molar-refractivity contribution is -0.137. The van der Waals surface area contributed by atoms with Gasteiger partial charge in [0.15, 0.2) is 0 Å². The molecule has 2 aromatic rings. The van der Waals surface area contributed by atoms with Crippen LogP contribution in [-0.2, 0) is 22.8 Å². The van der Waals surface area contributed by atoms with Crippen LogP contribution < -0.4 is 9.46 Å². The first-order valence-corrected chi connectivity index (χ1v) is 9.63. The summed E-state index contributed by atoms with van der Waals surface area (Å²) in [6.45, 7) is 0. The summed E-state index contributed by atoms with van der Waals surface area (Å²) in [4.78, 5) is 12.2. The molecule has 6 nitrogen and oxygen atoms in total. The molecule has 0 saturated heterocycles. The molecule has 1 atom stereocenters. The van der Waals surface area contributed by atoms with Gasteiger partial charge in [0.1, 0.15) is 11.9 Å². The Morgan fingerprint density at radius 1 is 1.18 bits per heavy atom. The van der Waals surface area contributed by atoms with E-state index in [-0.39, 0.29) is 12.0 Å². The molecule has 0 aromatic heterocycles. The van der Waals surface area contributed by atoms with Crippen molar-refractivity contribution in [2.45, 2.75) is 18.7 Å². The summed E-state index contributed by atoms with van der Waals surface area (Å²) in [5, 5.41) is 0. The largest absolute Gasteiger partial charge is 0.485 e. The zero-order valence-corrected chi connectivity index (χ0v) is 15.8. The number of carbonyl (C=O) groups excluding carboxylic acids is 1. The average molecular weight is 414 g/mol. The second kappa shape index (κ2) is 7.10. The summed E-state index contributed by atoms with van der Waals surface area (Å²) in [6, 6.07) is 9.40. The smallest absolute Gasteiger partial charge is 0.416 e. The Hall–Kier alpha value is -2.59. The average Bonchev–Trinajstić information content (AvgIpc) is 3.04. The first-order chi connectivity index (χ1) is 13.0. The highest BCUT2D eigenvalue weighted by Gasteiger charge is 2.33. The second-order valence-electron chi connectivity index (χ2n) is 6.47. The fourth-order valence-electron chi connectivity index (χ4n) is 2.76. The van der Waals surface area contributed by atoms with E-state index in [4.69, 9.17) is 4.74 Å². The highest BCUT2D eigenvalue weighted by molar-refractivity contribution is 7.87. The summed E-state index contributed by atoms with van der Waals surface area (Å²) in [6.07, 6.45) is -4.81. The van der Waals surface area contributed by atoms with Gasteiger partial charge in [0.25, 0.3) is 5.91 Å². The van der Waals surface area contributed by atoms with Gasteiger partial charge in [-0.15, -0.1) is 0 Å². The molecule has 1 amide bonds. The molecule has 28 heavy (non-hydrogen) atoms. The predicted molar refractivity (Wildman–Crippen MR) is 95.0 cm³/mol. The van der Waals surface area contributed by atoms with Crippen LogP contribution in [-0.4, -0.2) is 32.7 Å². The number of nitrogens with one attached hydrogen (secondary N) is 1. The molecular weight excluding hydrogens is 397 g/mol. The summed E-state index contributed by atoms with van der Waals surface area (Å²) in [7, 11) is -1.38. The van der Waals surface area contributed by atoms with Gasteiger partial charge >= 0.3 is 16.4 Å². The van der Waals surface area contributed by atoms with Crippen molar-refractivity contribution in [3.05, 3.63) is 64.7 Å². The number of ether oxygens (including phenoxy) is 1. The summed E-state index contributed by atoms with van der Waals surface area (Å²) < 4.78 is 70.7. The first-order valence-electron chi connectivity index (χ1n) is 8.19. The zero-order valence-electron chi connectivity index (χ0n) is 14.9. The number of fused-ring (bicyclic) bond motifs is 1. The Bertz CT molecular complexity index is 1020. The molecule has 1 aliphatic heterocycles. The van der Waals surface area contributed by atoms with Crippen LogP contribution in [0, 0.1) is 0 Å². The van der Waals surface area contributed by atoms with Crippen molar-refractivity contribution in [2.75, 3.05) is 14.1 Å². The lowest BCUT2D eigenvalue weighted by Crippen LogP contribution is -2.39. The minimum Gasteiger partial charge on any atom is -0.485 e. The summed E-state index contributed by atoms with van der Waals surface area (Å²) >= 11 is 0. The van der Waals surface area contributed by atoms with Crippen molar-refractivity contribution >= 4 is 16.1 Å². The van der Waals surface area contributed by atoms with Crippen LogP contribution in [0.5, 0.6) is 5.75 Å². The van der Waals surface area contributed by atoms with Crippen LogP contribution >= 0.6 is 0 Å². The number of benzene rings is 2. The lowest BCUT2D eigenvalue weighted by Gasteiger charge is -2.14. The van der Waals surface area contributed by atoms with E-state index in [1.165, 1.54) is 32.3 Å². The lowest BCUT2D eigenvalue weighted by atomic mass is 10.0. The fraction of sp³-hybridized carbons (Fsp3) is 0.278. The first kappa shape index (κ1) is 20.2. The number of hydrogen-bond donors (Lipinski definition) is 1. The SMILES string of the molecule is CN(C)S(=O)(=O)NC(=O)c1cccc([C@@H]2Cc3cc(C(F)(F)F)ccc3O2)c1. The molecular formula is C18H17F3N2O4S. The molecule has 0 radical (unpaired) electrons. The Kier molecular flexibility index (Phi) is 5.11. The summed E-state index contributed by atoms with van der Waals surface area (Å²) in [5.41, 5.74) is 0.320. The van der Waals surface area contributed by atoms with Crippen LogP contribution in [0.1, 0.15) is 33.2 Å². The van der Waals surface area contributed by atoms with Gasteiger partial charge in [0.2, 0.25) is 0 Å². The van der Waals surface area contributed by atoms with Crippen molar-refractivity contribution in [2.24, 2.45) is 0 Å². The number of carbonyl (C=O) groups is 1. The van der Waals surface area contributed by atoms with Gasteiger partial charge in [-0.2, -0.15) is 25.9 Å². The van der Waals surface area contributed by atoms with E-state index in [2.05, 4.69) is 0 Å². The molecule has 1 N–H and O–H groups in total. The Balaban J connectivity index is 1.80. The number of halogens is 3. The fourth-order valence-corrected chi connectivity index (χ4v) is 3.29.